The van der Waals surface area contributed by atoms with E-state index in [1.807, 2.05) is 11.4 Å². The van der Waals surface area contributed by atoms with Crippen LogP contribution >= 0.6 is 11.3 Å². The van der Waals surface area contributed by atoms with E-state index in [0.29, 0.717) is 13.0 Å². The molecule has 1 aliphatic rings. The predicted molar refractivity (Wildman–Crippen MR) is 81.0 cm³/mol. The lowest BCUT2D eigenvalue weighted by Crippen LogP contribution is -2.43. The smallest absolute Gasteiger partial charge is 0.328 e. The minimum Gasteiger partial charge on any atom is -0.478 e. The Morgan fingerprint density at radius 1 is 1.52 bits per heavy atom. The Morgan fingerprint density at radius 3 is 2.86 bits per heavy atom. The van der Waals surface area contributed by atoms with Crippen molar-refractivity contribution in [3.8, 4) is 0 Å². The number of carboxylic acid groups (broad SMARTS) is 1. The predicted octanol–water partition coefficient (Wildman–Crippen LogP) is 2.42. The molecule has 1 fully saturated rings. The van der Waals surface area contributed by atoms with E-state index in [1.54, 1.807) is 13.2 Å². The molecule has 6 heteroatoms. The maximum Gasteiger partial charge on any atom is 0.328 e. The fourth-order valence-electron chi connectivity index (χ4n) is 2.31. The van der Waals surface area contributed by atoms with Gasteiger partial charge < -0.3 is 15.2 Å². The Labute approximate surface area is 127 Å². The standard InChI is InChI=1S/C15H19NO4S/c1-20-15(5-2-6-15)8-13(17)16-9-12-7-11(10-21-12)3-4-14(18)19/h3-4,7,10H,2,5-6,8-9H2,1H3,(H,16,17)(H,18,19)/b4-3+. The van der Waals surface area contributed by atoms with E-state index in [4.69, 9.17) is 9.84 Å². The fraction of sp³-hybridized carbons (Fsp3) is 0.467. The van der Waals surface area contributed by atoms with Gasteiger partial charge in [-0.15, -0.1) is 11.3 Å². The summed E-state index contributed by atoms with van der Waals surface area (Å²) in [6, 6.07) is 1.87. The van der Waals surface area contributed by atoms with Gasteiger partial charge in [0.25, 0.3) is 0 Å². The molecular weight excluding hydrogens is 290 g/mol. The van der Waals surface area contributed by atoms with Crippen molar-refractivity contribution in [3.05, 3.63) is 28.0 Å². The maximum absolute atomic E-state index is 11.9. The monoisotopic (exact) mass is 309 g/mol. The highest BCUT2D eigenvalue weighted by atomic mass is 32.1. The van der Waals surface area contributed by atoms with E-state index in [1.165, 1.54) is 11.3 Å². The van der Waals surface area contributed by atoms with Crippen LogP contribution in [0.25, 0.3) is 6.08 Å². The summed E-state index contributed by atoms with van der Waals surface area (Å²) in [4.78, 5) is 23.4. The number of ether oxygens (including phenoxy) is 1. The van der Waals surface area contributed by atoms with Crippen LogP contribution in [-0.2, 0) is 20.9 Å². The largest absolute Gasteiger partial charge is 0.478 e. The Hall–Kier alpha value is -1.66. The van der Waals surface area contributed by atoms with E-state index in [9.17, 15) is 9.59 Å². The molecule has 0 spiro atoms. The summed E-state index contributed by atoms with van der Waals surface area (Å²) in [6.07, 6.45) is 6.05. The Balaban J connectivity index is 1.80. The minimum atomic E-state index is -0.971. The van der Waals surface area contributed by atoms with E-state index < -0.39 is 5.97 Å². The van der Waals surface area contributed by atoms with E-state index >= 15 is 0 Å². The minimum absolute atomic E-state index is 0.00687. The zero-order valence-electron chi connectivity index (χ0n) is 11.9. The van der Waals surface area contributed by atoms with Gasteiger partial charge >= 0.3 is 5.97 Å². The number of rotatable bonds is 7. The van der Waals surface area contributed by atoms with Gasteiger partial charge in [-0.1, -0.05) is 0 Å². The highest BCUT2D eigenvalue weighted by molar-refractivity contribution is 7.10. The van der Waals surface area contributed by atoms with Crippen molar-refractivity contribution in [1.82, 2.24) is 5.32 Å². The molecule has 2 rings (SSSR count). The molecule has 0 atom stereocenters. The average molecular weight is 309 g/mol. The lowest BCUT2D eigenvalue weighted by molar-refractivity contribution is -0.134. The van der Waals surface area contributed by atoms with Gasteiger partial charge in [0.2, 0.25) is 5.91 Å². The van der Waals surface area contributed by atoms with Gasteiger partial charge in [-0.2, -0.15) is 0 Å². The molecule has 0 unspecified atom stereocenters. The van der Waals surface area contributed by atoms with Crippen LogP contribution in [0.15, 0.2) is 17.5 Å². The molecule has 1 heterocycles. The summed E-state index contributed by atoms with van der Waals surface area (Å²) < 4.78 is 5.43. The quantitative estimate of drug-likeness (QED) is 0.759. The molecule has 114 valence electrons. The van der Waals surface area contributed by atoms with Crippen LogP contribution in [0.2, 0.25) is 0 Å². The molecule has 1 saturated carbocycles. The molecule has 21 heavy (non-hydrogen) atoms. The highest BCUT2D eigenvalue weighted by Crippen LogP contribution is 2.37. The highest BCUT2D eigenvalue weighted by Gasteiger charge is 2.38. The first-order valence-corrected chi connectivity index (χ1v) is 7.71. The molecule has 1 amide bonds. The number of hydrogen-bond donors (Lipinski definition) is 2. The fourth-order valence-corrected chi connectivity index (χ4v) is 3.10. The summed E-state index contributed by atoms with van der Waals surface area (Å²) in [5, 5.41) is 13.3. The van der Waals surface area contributed by atoms with Crippen LogP contribution in [0, 0.1) is 0 Å². The third kappa shape index (κ3) is 4.41. The molecule has 1 aromatic rings. The molecule has 0 radical (unpaired) electrons. The first kappa shape index (κ1) is 15.7. The van der Waals surface area contributed by atoms with Gasteiger partial charge in [0.1, 0.15) is 0 Å². The van der Waals surface area contributed by atoms with Crippen LogP contribution < -0.4 is 5.32 Å². The van der Waals surface area contributed by atoms with E-state index in [0.717, 1.165) is 35.8 Å². The number of hydrogen-bond acceptors (Lipinski definition) is 4. The molecule has 0 bridgehead atoms. The summed E-state index contributed by atoms with van der Waals surface area (Å²) >= 11 is 1.50. The van der Waals surface area contributed by atoms with Crippen LogP contribution in [0.3, 0.4) is 0 Å². The molecule has 1 aliphatic carbocycles. The van der Waals surface area contributed by atoms with Gasteiger partial charge in [0.05, 0.1) is 18.6 Å². The molecule has 0 saturated heterocycles. The van der Waals surface area contributed by atoms with Crippen molar-refractivity contribution in [3.63, 3.8) is 0 Å². The maximum atomic E-state index is 11.9. The van der Waals surface area contributed by atoms with Crippen molar-refractivity contribution in [2.45, 2.75) is 37.8 Å². The Kier molecular flexibility index (Phi) is 5.14. The summed E-state index contributed by atoms with van der Waals surface area (Å²) in [5.74, 6) is -0.978. The molecule has 2 N–H and O–H groups in total. The van der Waals surface area contributed by atoms with Gasteiger partial charge in [-0.3, -0.25) is 4.79 Å². The number of aliphatic carboxylic acids is 1. The molecular formula is C15H19NO4S. The van der Waals surface area contributed by atoms with Gasteiger partial charge in [-0.25, -0.2) is 4.79 Å². The number of methoxy groups -OCH3 is 1. The van der Waals surface area contributed by atoms with Crippen molar-refractivity contribution in [2.75, 3.05) is 7.11 Å². The van der Waals surface area contributed by atoms with E-state index in [2.05, 4.69) is 5.32 Å². The Morgan fingerprint density at radius 2 is 2.29 bits per heavy atom. The second kappa shape index (κ2) is 6.87. The van der Waals surface area contributed by atoms with Crippen molar-refractivity contribution in [1.29, 1.82) is 0 Å². The van der Waals surface area contributed by atoms with Gasteiger partial charge in [0.15, 0.2) is 0 Å². The average Bonchev–Trinajstić information content (AvgIpc) is 2.86. The number of nitrogens with one attached hydrogen (secondary N) is 1. The number of carbonyl (C=O) groups excluding carboxylic acids is 1. The third-order valence-electron chi connectivity index (χ3n) is 3.73. The van der Waals surface area contributed by atoms with Crippen LogP contribution in [0.5, 0.6) is 0 Å². The normalized spacial score (nSPS) is 16.6. The summed E-state index contributed by atoms with van der Waals surface area (Å²) in [7, 11) is 1.66. The molecule has 5 nitrogen and oxygen atoms in total. The van der Waals surface area contributed by atoms with Crippen molar-refractivity contribution < 1.29 is 19.4 Å². The summed E-state index contributed by atoms with van der Waals surface area (Å²) in [6.45, 7) is 0.463. The topological polar surface area (TPSA) is 75.6 Å². The second-order valence-corrected chi connectivity index (χ2v) is 6.21. The lowest BCUT2D eigenvalue weighted by Gasteiger charge is -2.39. The zero-order chi connectivity index (χ0) is 15.3. The summed E-state index contributed by atoms with van der Waals surface area (Å²) in [5.41, 5.74) is 0.577. The number of carbonyl (C=O) groups is 2. The van der Waals surface area contributed by atoms with Gasteiger partial charge in [0, 0.05) is 18.1 Å². The van der Waals surface area contributed by atoms with Crippen molar-refractivity contribution in [2.24, 2.45) is 0 Å². The molecule has 0 aromatic carbocycles. The molecule has 1 aromatic heterocycles. The van der Waals surface area contributed by atoms with Gasteiger partial charge in [-0.05, 0) is 42.3 Å². The van der Waals surface area contributed by atoms with Crippen LogP contribution in [-0.4, -0.2) is 29.7 Å². The number of thiophene rings is 1. The SMILES string of the molecule is COC1(CC(=O)NCc2cc(/C=C/C(=O)O)cs2)CCC1. The van der Waals surface area contributed by atoms with Crippen molar-refractivity contribution >= 4 is 29.3 Å². The second-order valence-electron chi connectivity index (χ2n) is 5.21. The first-order chi connectivity index (χ1) is 10.0. The zero-order valence-corrected chi connectivity index (χ0v) is 12.7. The first-order valence-electron chi connectivity index (χ1n) is 6.83. The number of carboxylic acids is 1. The van der Waals surface area contributed by atoms with E-state index in [-0.39, 0.29) is 11.5 Å². The Bertz CT molecular complexity index is 540. The van der Waals surface area contributed by atoms with Crippen LogP contribution in [0.4, 0.5) is 0 Å². The molecule has 0 aliphatic heterocycles. The lowest BCUT2D eigenvalue weighted by atomic mass is 9.77. The van der Waals surface area contributed by atoms with Crippen LogP contribution in [0.1, 0.15) is 36.1 Å². The number of amides is 1. The third-order valence-corrected chi connectivity index (χ3v) is 4.69.